The van der Waals surface area contributed by atoms with E-state index in [0.29, 0.717) is 0 Å². The van der Waals surface area contributed by atoms with Crippen LogP contribution in [0.4, 0.5) is 0 Å². The molecule has 0 saturated heterocycles. The topological polar surface area (TPSA) is 19.9 Å². The predicted octanol–water partition coefficient (Wildman–Crippen LogP) is 2.12. The van der Waals surface area contributed by atoms with Gasteiger partial charge < -0.3 is 0 Å². The highest BCUT2D eigenvalue weighted by Gasteiger charge is 1.78. The van der Waals surface area contributed by atoms with Crippen LogP contribution >= 0.6 is 0 Å². The van der Waals surface area contributed by atoms with Gasteiger partial charge in [-0.15, -0.1) is 0 Å². The lowest BCUT2D eigenvalue weighted by Gasteiger charge is -1.80. The van der Waals surface area contributed by atoms with Gasteiger partial charge in [-0.05, 0) is 19.4 Å². The normalized spacial score (nSPS) is 12.0. The van der Waals surface area contributed by atoms with E-state index in [-0.39, 0.29) is 5.76 Å². The molecular weight excluding hydrogens is 88.1 g/mol. The maximum atomic E-state index is 10.1. The van der Waals surface area contributed by atoms with Gasteiger partial charge in [-0.1, -0.05) is 13.3 Å². The average Bonchev–Trinajstić information content (AvgIpc) is 1.61. The lowest BCUT2D eigenvalue weighted by molar-refractivity contribution is 0.298. The first kappa shape index (κ1) is 6.54. The molecule has 41 valence electrons. The molecule has 0 amide bonds. The molecule has 1 heteroatoms. The molecule has 0 spiro atoms. The standard InChI is InChI=1S/C6H11O/c1-3-4-5-6(2)7/h5H,3-4H2,1-2H3/b6-5+. The summed E-state index contributed by atoms with van der Waals surface area (Å²) in [6.45, 7) is 3.63. The van der Waals surface area contributed by atoms with Gasteiger partial charge in [-0.3, -0.25) is 5.11 Å². The number of unbranched alkanes of at least 4 members (excludes halogenated alkanes) is 1. The summed E-state index contributed by atoms with van der Waals surface area (Å²) in [5.41, 5.74) is 0. The Balaban J connectivity index is 3.08. The molecular formula is C6H11O. The summed E-state index contributed by atoms with van der Waals surface area (Å²) in [6, 6.07) is 0. The predicted molar refractivity (Wildman–Crippen MR) is 29.4 cm³/mol. The van der Waals surface area contributed by atoms with Gasteiger partial charge in [0.15, 0.2) is 0 Å². The molecule has 0 aliphatic rings. The smallest absolute Gasteiger partial charge is 0.148 e. The molecule has 0 bridgehead atoms. The molecule has 7 heavy (non-hydrogen) atoms. The third-order valence-corrected chi connectivity index (χ3v) is 0.720. The average molecular weight is 99.2 g/mol. The van der Waals surface area contributed by atoms with Crippen molar-refractivity contribution >= 4 is 0 Å². The first-order chi connectivity index (χ1) is 3.27. The second-order valence-corrected chi connectivity index (χ2v) is 1.60. The molecule has 0 aromatic carbocycles. The minimum Gasteiger partial charge on any atom is -0.296 e. The summed E-state index contributed by atoms with van der Waals surface area (Å²) < 4.78 is 0. The molecule has 0 aliphatic heterocycles. The lowest BCUT2D eigenvalue weighted by atomic mass is 10.3. The van der Waals surface area contributed by atoms with Crippen LogP contribution in [0.25, 0.3) is 0 Å². The molecule has 0 N–H and O–H groups in total. The minimum atomic E-state index is 0.182. The highest BCUT2D eigenvalue weighted by molar-refractivity contribution is 4.84. The molecule has 0 heterocycles. The van der Waals surface area contributed by atoms with Crippen molar-refractivity contribution in [3.63, 3.8) is 0 Å². The second-order valence-electron chi connectivity index (χ2n) is 1.60. The maximum Gasteiger partial charge on any atom is 0.148 e. The maximum absolute atomic E-state index is 10.1. The van der Waals surface area contributed by atoms with E-state index in [1.54, 1.807) is 13.0 Å². The van der Waals surface area contributed by atoms with Crippen molar-refractivity contribution in [2.24, 2.45) is 0 Å². The first-order valence-electron chi connectivity index (χ1n) is 2.61. The third kappa shape index (κ3) is 5.54. The second kappa shape index (κ2) is 3.72. The fourth-order valence-corrected chi connectivity index (χ4v) is 0.348. The van der Waals surface area contributed by atoms with Crippen LogP contribution in [0.15, 0.2) is 11.8 Å². The van der Waals surface area contributed by atoms with E-state index in [4.69, 9.17) is 0 Å². The SMILES string of the molecule is CCC/C=C(\C)[O]. The van der Waals surface area contributed by atoms with E-state index in [2.05, 4.69) is 6.92 Å². The van der Waals surface area contributed by atoms with E-state index in [9.17, 15) is 5.11 Å². The molecule has 0 rings (SSSR count). The number of allylic oxidation sites excluding steroid dienone is 2. The number of rotatable bonds is 2. The van der Waals surface area contributed by atoms with Crippen molar-refractivity contribution in [2.45, 2.75) is 26.7 Å². The van der Waals surface area contributed by atoms with E-state index in [1.165, 1.54) is 0 Å². The third-order valence-electron chi connectivity index (χ3n) is 0.720. The Morgan fingerprint density at radius 1 is 1.71 bits per heavy atom. The van der Waals surface area contributed by atoms with E-state index in [0.717, 1.165) is 12.8 Å². The minimum absolute atomic E-state index is 0.182. The van der Waals surface area contributed by atoms with Crippen LogP contribution in [0.1, 0.15) is 26.7 Å². The highest BCUT2D eigenvalue weighted by atomic mass is 16.3. The summed E-state index contributed by atoms with van der Waals surface area (Å²) in [6.07, 6.45) is 3.70. The van der Waals surface area contributed by atoms with Gasteiger partial charge in [0, 0.05) is 0 Å². The van der Waals surface area contributed by atoms with E-state index < -0.39 is 0 Å². The van der Waals surface area contributed by atoms with Crippen LogP contribution in [0, 0.1) is 0 Å². The Labute approximate surface area is 44.7 Å². The molecule has 1 nitrogen and oxygen atoms in total. The highest BCUT2D eigenvalue weighted by Crippen LogP contribution is 1.92. The van der Waals surface area contributed by atoms with Gasteiger partial charge in [0.05, 0.1) is 0 Å². The van der Waals surface area contributed by atoms with Crippen molar-refractivity contribution in [3.05, 3.63) is 11.8 Å². The molecule has 0 saturated carbocycles. The zero-order valence-electron chi connectivity index (χ0n) is 4.90. The van der Waals surface area contributed by atoms with Crippen LogP contribution in [0.2, 0.25) is 0 Å². The number of hydrogen-bond donors (Lipinski definition) is 0. The van der Waals surface area contributed by atoms with Crippen molar-refractivity contribution in [2.75, 3.05) is 0 Å². The zero-order valence-corrected chi connectivity index (χ0v) is 4.90. The van der Waals surface area contributed by atoms with E-state index >= 15 is 0 Å². The molecule has 0 unspecified atom stereocenters. The van der Waals surface area contributed by atoms with E-state index in [1.807, 2.05) is 0 Å². The fraction of sp³-hybridized carbons (Fsp3) is 0.667. The molecule has 0 atom stereocenters. The zero-order chi connectivity index (χ0) is 5.70. The van der Waals surface area contributed by atoms with Crippen molar-refractivity contribution in [3.8, 4) is 0 Å². The van der Waals surface area contributed by atoms with Crippen molar-refractivity contribution in [1.29, 1.82) is 0 Å². The molecule has 0 aliphatic carbocycles. The molecule has 1 radical (unpaired) electrons. The molecule has 0 fully saturated rings. The van der Waals surface area contributed by atoms with Crippen LogP contribution in [-0.2, 0) is 5.11 Å². The quantitative estimate of drug-likeness (QED) is 0.472. The Hall–Kier alpha value is -0.460. The fourth-order valence-electron chi connectivity index (χ4n) is 0.348. The van der Waals surface area contributed by atoms with Gasteiger partial charge in [0.1, 0.15) is 5.76 Å². The van der Waals surface area contributed by atoms with Gasteiger partial charge >= 0.3 is 0 Å². The first-order valence-corrected chi connectivity index (χ1v) is 2.61. The summed E-state index contributed by atoms with van der Waals surface area (Å²) >= 11 is 0. The summed E-state index contributed by atoms with van der Waals surface area (Å²) in [4.78, 5) is 0. The molecule has 0 aromatic heterocycles. The monoisotopic (exact) mass is 99.1 g/mol. The van der Waals surface area contributed by atoms with Gasteiger partial charge in [0.25, 0.3) is 0 Å². The Morgan fingerprint density at radius 2 is 2.29 bits per heavy atom. The summed E-state index contributed by atoms with van der Waals surface area (Å²) in [7, 11) is 0. The number of hydrogen-bond acceptors (Lipinski definition) is 0. The van der Waals surface area contributed by atoms with Crippen LogP contribution < -0.4 is 0 Å². The van der Waals surface area contributed by atoms with Gasteiger partial charge in [-0.25, -0.2) is 0 Å². The van der Waals surface area contributed by atoms with Gasteiger partial charge in [-0.2, -0.15) is 0 Å². The summed E-state index contributed by atoms with van der Waals surface area (Å²) in [5.74, 6) is 0.182. The Morgan fingerprint density at radius 3 is 2.43 bits per heavy atom. The van der Waals surface area contributed by atoms with Crippen LogP contribution in [-0.4, -0.2) is 0 Å². The molecule has 0 aromatic rings. The summed E-state index contributed by atoms with van der Waals surface area (Å²) in [5, 5.41) is 10.1. The largest absolute Gasteiger partial charge is 0.296 e. The lowest BCUT2D eigenvalue weighted by Crippen LogP contribution is -1.66. The van der Waals surface area contributed by atoms with Crippen molar-refractivity contribution < 1.29 is 5.11 Å². The Kier molecular flexibility index (Phi) is 3.48. The van der Waals surface area contributed by atoms with Gasteiger partial charge in [0.2, 0.25) is 0 Å². The van der Waals surface area contributed by atoms with Crippen LogP contribution in [0.5, 0.6) is 0 Å². The Bertz CT molecular complexity index is 60.6. The van der Waals surface area contributed by atoms with Crippen molar-refractivity contribution in [1.82, 2.24) is 0 Å². The van der Waals surface area contributed by atoms with Crippen LogP contribution in [0.3, 0.4) is 0 Å².